The lowest BCUT2D eigenvalue weighted by Crippen LogP contribution is -2.55. The van der Waals surface area contributed by atoms with Crippen molar-refractivity contribution < 1.29 is 33.8 Å². The van der Waals surface area contributed by atoms with Gasteiger partial charge in [0.05, 0.1) is 29.3 Å². The van der Waals surface area contributed by atoms with E-state index in [0.29, 0.717) is 36.4 Å². The summed E-state index contributed by atoms with van der Waals surface area (Å²) < 4.78 is 12.4. The molecule has 0 saturated carbocycles. The first-order valence-corrected chi connectivity index (χ1v) is 15.0. The molecule has 226 valence electrons. The van der Waals surface area contributed by atoms with Gasteiger partial charge in [0.25, 0.3) is 5.91 Å². The number of esters is 1. The second-order valence-corrected chi connectivity index (χ2v) is 11.8. The average Bonchev–Trinajstić information content (AvgIpc) is 3.33. The van der Waals surface area contributed by atoms with Gasteiger partial charge in [-0.05, 0) is 51.2 Å². The van der Waals surface area contributed by atoms with Gasteiger partial charge in [-0.25, -0.2) is 0 Å². The van der Waals surface area contributed by atoms with Gasteiger partial charge >= 0.3 is 5.97 Å². The number of cyclic esters (lactones) is 1. The molecule has 4 aliphatic heterocycles. The third-order valence-corrected chi connectivity index (χ3v) is 8.85. The van der Waals surface area contributed by atoms with E-state index < -0.39 is 41.7 Å². The van der Waals surface area contributed by atoms with E-state index in [1.165, 1.54) is 0 Å². The third kappa shape index (κ3) is 5.47. The van der Waals surface area contributed by atoms with Crippen molar-refractivity contribution in [3.8, 4) is 0 Å². The normalized spacial score (nSPS) is 32.2. The number of nitrogens with one attached hydrogen (secondary N) is 1. The van der Waals surface area contributed by atoms with Gasteiger partial charge in [-0.15, -0.1) is 0 Å². The fourth-order valence-corrected chi connectivity index (χ4v) is 6.96. The largest absolute Gasteiger partial charge is 0.460 e. The number of benzene rings is 1. The summed E-state index contributed by atoms with van der Waals surface area (Å²) in [5.41, 5.74) is -0.0322. The van der Waals surface area contributed by atoms with Crippen LogP contribution in [0.25, 0.3) is 0 Å². The molecular formula is C31H38ClN3O7. The highest BCUT2D eigenvalue weighted by atomic mass is 35.5. The van der Waals surface area contributed by atoms with Crippen LogP contribution in [-0.2, 0) is 28.7 Å². The Morgan fingerprint density at radius 3 is 2.69 bits per heavy atom. The van der Waals surface area contributed by atoms with Crippen LogP contribution in [0.2, 0.25) is 5.02 Å². The van der Waals surface area contributed by atoms with Gasteiger partial charge < -0.3 is 29.7 Å². The second kappa shape index (κ2) is 12.6. The van der Waals surface area contributed by atoms with Crippen LogP contribution in [0.4, 0.5) is 5.69 Å². The van der Waals surface area contributed by atoms with E-state index in [1.54, 1.807) is 41.0 Å². The zero-order valence-corrected chi connectivity index (χ0v) is 24.7. The maximum atomic E-state index is 14.6. The molecule has 2 N–H and O–H groups in total. The molecule has 1 aromatic carbocycles. The molecular weight excluding hydrogens is 562 g/mol. The van der Waals surface area contributed by atoms with Crippen LogP contribution in [0.5, 0.6) is 0 Å². The number of hydrogen-bond acceptors (Lipinski definition) is 7. The molecule has 1 aromatic rings. The number of aliphatic hydroxyl groups is 1. The fourth-order valence-electron chi connectivity index (χ4n) is 6.64. The summed E-state index contributed by atoms with van der Waals surface area (Å²) in [6.07, 6.45) is 8.15. The lowest BCUT2D eigenvalue weighted by atomic mass is 9.78. The number of para-hydroxylation sites is 1. The van der Waals surface area contributed by atoms with E-state index in [2.05, 4.69) is 5.32 Å². The average molecular weight is 600 g/mol. The van der Waals surface area contributed by atoms with E-state index >= 15 is 0 Å². The number of aliphatic hydroxyl groups excluding tert-OH is 1. The minimum atomic E-state index is -1.41. The number of anilines is 1. The first-order chi connectivity index (χ1) is 20.2. The van der Waals surface area contributed by atoms with Gasteiger partial charge in [-0.2, -0.15) is 0 Å². The van der Waals surface area contributed by atoms with Crippen molar-refractivity contribution in [3.05, 3.63) is 53.1 Å². The van der Waals surface area contributed by atoms with Crippen molar-refractivity contribution in [2.24, 2.45) is 11.8 Å². The Morgan fingerprint density at radius 2 is 1.93 bits per heavy atom. The van der Waals surface area contributed by atoms with Crippen molar-refractivity contribution >= 4 is 41.0 Å². The molecule has 0 unspecified atom stereocenters. The number of aryl methyl sites for hydroxylation is 1. The molecule has 1 spiro atoms. The van der Waals surface area contributed by atoms with Crippen molar-refractivity contribution in [2.45, 2.75) is 69.8 Å². The summed E-state index contributed by atoms with van der Waals surface area (Å²) in [6.45, 7) is 4.23. The predicted octanol–water partition coefficient (Wildman–Crippen LogP) is 2.69. The number of hydrogen-bond donors (Lipinski definition) is 2. The highest BCUT2D eigenvalue weighted by molar-refractivity contribution is 6.34. The molecule has 4 heterocycles. The summed E-state index contributed by atoms with van der Waals surface area (Å²) >= 11 is 6.60. The molecule has 0 aromatic heterocycles. The predicted molar refractivity (Wildman–Crippen MR) is 156 cm³/mol. The number of nitrogens with zero attached hydrogens (tertiary/aromatic N) is 2. The van der Waals surface area contributed by atoms with Crippen molar-refractivity contribution in [3.63, 3.8) is 0 Å². The molecule has 3 amide bonds. The van der Waals surface area contributed by atoms with Gasteiger partial charge in [0.2, 0.25) is 11.8 Å². The van der Waals surface area contributed by atoms with E-state index in [-0.39, 0.29) is 50.4 Å². The lowest BCUT2D eigenvalue weighted by Gasteiger charge is -2.36. The summed E-state index contributed by atoms with van der Waals surface area (Å²) in [7, 11) is 0. The Kier molecular flexibility index (Phi) is 9.05. The topological polar surface area (TPSA) is 125 Å². The molecule has 0 bridgehead atoms. The lowest BCUT2D eigenvalue weighted by molar-refractivity contribution is -0.158. The standard InChI is InChI=1S/C31H38ClN3O7/c1-19-10-8-11-21(32)26(19)34-16-9-14-31-25(28(38)35(27(31)29(34)39)15-6-3-7-17-36)24-22(42-31)12-4-5-13-23(37)33-18-20(2)41-30(24)40/h4,8-12,14,20,22,24-25,27,36H,3,5-7,13,15-18H2,1-2H3,(H,33,37)/b12-4-/t20-,22-,24+,25+,27-,31+/m1/s1. The summed E-state index contributed by atoms with van der Waals surface area (Å²) in [5.74, 6) is -3.41. The second-order valence-electron chi connectivity index (χ2n) is 11.4. The minimum absolute atomic E-state index is 0.0366. The van der Waals surface area contributed by atoms with Gasteiger partial charge in [0.15, 0.2) is 0 Å². The SMILES string of the molecule is Cc1cccc(Cl)c1N1CC=C[C@]23O[C@@H]4/C=C\CCC(=O)NC[C@@H](C)OC(=O)[C@@H]4[C@H]2C(=O)N(CCCCCO)[C@@H]3C1=O. The number of rotatable bonds is 6. The number of unbranched alkanes of at least 4 members (excludes halogenated alkanes) is 2. The zero-order chi connectivity index (χ0) is 30.0. The molecule has 11 heteroatoms. The molecule has 10 nitrogen and oxygen atoms in total. The summed E-state index contributed by atoms with van der Waals surface area (Å²) in [5, 5.41) is 12.5. The first kappa shape index (κ1) is 30.3. The molecule has 2 fully saturated rings. The zero-order valence-electron chi connectivity index (χ0n) is 24.0. The Morgan fingerprint density at radius 1 is 1.12 bits per heavy atom. The van der Waals surface area contributed by atoms with Gasteiger partial charge in [0.1, 0.15) is 23.7 Å². The molecule has 6 atom stereocenters. The van der Waals surface area contributed by atoms with Gasteiger partial charge in [-0.1, -0.05) is 48.0 Å². The fraction of sp³-hybridized carbons (Fsp3) is 0.548. The molecule has 0 radical (unpaired) electrons. The van der Waals surface area contributed by atoms with E-state index in [4.69, 9.17) is 21.1 Å². The number of ether oxygens (including phenoxy) is 2. The Balaban J connectivity index is 1.58. The molecule has 2 saturated heterocycles. The number of carbonyl (C=O) groups excluding carboxylic acids is 4. The van der Waals surface area contributed by atoms with Crippen LogP contribution in [0.15, 0.2) is 42.5 Å². The highest BCUT2D eigenvalue weighted by Crippen LogP contribution is 2.53. The van der Waals surface area contributed by atoms with E-state index in [1.807, 2.05) is 25.1 Å². The Hall–Kier alpha value is -3.21. The van der Waals surface area contributed by atoms with Crippen LogP contribution < -0.4 is 10.2 Å². The molecule has 42 heavy (non-hydrogen) atoms. The summed E-state index contributed by atoms with van der Waals surface area (Å²) in [6, 6.07) is 4.38. The number of amides is 3. The van der Waals surface area contributed by atoms with Gasteiger partial charge in [-0.3, -0.25) is 19.2 Å². The maximum absolute atomic E-state index is 14.6. The molecule has 5 rings (SSSR count). The molecule has 0 aliphatic carbocycles. The highest BCUT2D eigenvalue weighted by Gasteiger charge is 2.71. The quantitative estimate of drug-likeness (QED) is 0.293. The van der Waals surface area contributed by atoms with Crippen LogP contribution in [0, 0.1) is 18.8 Å². The number of fused-ring (bicyclic) bond motifs is 2. The van der Waals surface area contributed by atoms with Crippen LogP contribution in [-0.4, -0.2) is 83.8 Å². The van der Waals surface area contributed by atoms with E-state index in [9.17, 15) is 24.3 Å². The van der Waals surface area contributed by atoms with Gasteiger partial charge in [0, 0.05) is 26.1 Å². The smallest absolute Gasteiger partial charge is 0.313 e. The Bertz CT molecular complexity index is 1280. The summed E-state index contributed by atoms with van der Waals surface area (Å²) in [4.78, 5) is 57.9. The van der Waals surface area contributed by atoms with E-state index in [0.717, 1.165) is 5.56 Å². The maximum Gasteiger partial charge on any atom is 0.313 e. The number of allylic oxidation sites excluding steroid dienone is 1. The Labute approximate surface area is 250 Å². The molecule has 4 aliphatic rings. The van der Waals surface area contributed by atoms with Crippen LogP contribution in [0.3, 0.4) is 0 Å². The van der Waals surface area contributed by atoms with Crippen molar-refractivity contribution in [1.82, 2.24) is 10.2 Å². The number of likely N-dealkylation sites (tertiary alicyclic amines) is 1. The third-order valence-electron chi connectivity index (χ3n) is 8.55. The van der Waals surface area contributed by atoms with Crippen LogP contribution in [0.1, 0.15) is 44.6 Å². The monoisotopic (exact) mass is 599 g/mol. The number of halogens is 1. The van der Waals surface area contributed by atoms with Crippen molar-refractivity contribution in [1.29, 1.82) is 0 Å². The number of carbonyl (C=O) groups is 4. The van der Waals surface area contributed by atoms with Crippen LogP contribution >= 0.6 is 11.6 Å². The van der Waals surface area contributed by atoms with Crippen molar-refractivity contribution in [2.75, 3.05) is 31.1 Å². The first-order valence-electron chi connectivity index (χ1n) is 14.7. The minimum Gasteiger partial charge on any atom is -0.460 e.